The highest BCUT2D eigenvalue weighted by Gasteiger charge is 2.03. The van der Waals surface area contributed by atoms with E-state index in [4.69, 9.17) is 0 Å². The van der Waals surface area contributed by atoms with Gasteiger partial charge in [0, 0.05) is 0 Å². The zero-order chi connectivity index (χ0) is 47.2. The predicted molar refractivity (Wildman–Crippen MR) is 199 cm³/mol. The standard InChI is InChI=1S/6C3H3F3O.6C2H6.4CH4/c6*1-7-3(6)2(4)5;6*1-2;;;;/h6*1H3;6*1-2H3;4*1H4. The lowest BCUT2D eigenvalue weighted by atomic mass is 11.0. The fourth-order valence-electron chi connectivity index (χ4n) is 0.463. The van der Waals surface area contributed by atoms with Crippen LogP contribution < -0.4 is 0 Å². The van der Waals surface area contributed by atoms with E-state index in [1.807, 2.05) is 83.1 Å². The number of hydrogen-bond donors (Lipinski definition) is 0. The smallest absolute Gasteiger partial charge is 0.342 e. The quantitative estimate of drug-likeness (QED) is 0.195. The third-order valence-electron chi connectivity index (χ3n) is 1.97. The molecule has 0 N–H and O–H groups in total. The molecule has 0 saturated heterocycles. The number of methoxy groups -OCH3 is 6. The highest BCUT2D eigenvalue weighted by atomic mass is 19.3. The molecule has 0 radical (unpaired) electrons. The Bertz CT molecular complexity index is 707. The van der Waals surface area contributed by atoms with Gasteiger partial charge >= 0.3 is 72.6 Å². The minimum Gasteiger partial charge on any atom is -0.470 e. The molecular weight excluding hydrogens is 846 g/mol. The van der Waals surface area contributed by atoms with Crippen molar-refractivity contribution in [2.24, 2.45) is 0 Å². The number of halogens is 18. The molecular formula is C34H70F18O6. The van der Waals surface area contributed by atoms with Crippen LogP contribution >= 0.6 is 0 Å². The lowest BCUT2D eigenvalue weighted by Crippen LogP contribution is -1.76. The van der Waals surface area contributed by atoms with Crippen LogP contribution in [0.5, 0.6) is 0 Å². The molecule has 0 aromatic heterocycles. The molecule has 0 aliphatic heterocycles. The Kier molecular flexibility index (Phi) is 180. The van der Waals surface area contributed by atoms with E-state index in [0.29, 0.717) is 0 Å². The van der Waals surface area contributed by atoms with Crippen molar-refractivity contribution in [1.29, 1.82) is 0 Å². The zero-order valence-corrected chi connectivity index (χ0v) is 33.3. The average Bonchev–Trinajstić information content (AvgIpc) is 3.21. The molecule has 0 amide bonds. The molecule has 0 aromatic rings. The van der Waals surface area contributed by atoms with Gasteiger partial charge in [0.15, 0.2) is 0 Å². The summed E-state index contributed by atoms with van der Waals surface area (Å²) in [6.45, 7) is 24.0. The van der Waals surface area contributed by atoms with E-state index in [1.165, 1.54) is 0 Å². The highest BCUT2D eigenvalue weighted by molar-refractivity contribution is 4.81. The van der Waals surface area contributed by atoms with Crippen molar-refractivity contribution >= 4 is 0 Å². The summed E-state index contributed by atoms with van der Waals surface area (Å²) in [5, 5.41) is 0. The van der Waals surface area contributed by atoms with Crippen molar-refractivity contribution in [2.45, 2.75) is 113 Å². The second kappa shape index (κ2) is 99.2. The van der Waals surface area contributed by atoms with Crippen LogP contribution in [-0.2, 0) is 28.4 Å². The van der Waals surface area contributed by atoms with E-state index in [-0.39, 0.29) is 29.7 Å². The molecule has 0 saturated carbocycles. The first kappa shape index (κ1) is 105. The fourth-order valence-corrected chi connectivity index (χ4v) is 0.463. The molecule has 0 unspecified atom stereocenters. The minimum atomic E-state index is -2.43. The Labute approximate surface area is 335 Å². The normalized spacial score (nSPS) is 6.41. The summed E-state index contributed by atoms with van der Waals surface area (Å²) in [6.07, 6.45) is -14.6. The predicted octanol–water partition coefficient (Wildman–Crippen LogP) is 18.7. The molecule has 58 heavy (non-hydrogen) atoms. The van der Waals surface area contributed by atoms with E-state index < -0.39 is 72.6 Å². The van der Waals surface area contributed by atoms with E-state index in [2.05, 4.69) is 28.4 Å². The van der Waals surface area contributed by atoms with Crippen LogP contribution in [0.2, 0.25) is 0 Å². The Morgan fingerprint density at radius 1 is 0.190 bits per heavy atom. The van der Waals surface area contributed by atoms with Crippen molar-refractivity contribution < 1.29 is 107 Å². The Balaban J connectivity index is -0.0000000244. The molecule has 0 aliphatic carbocycles. The van der Waals surface area contributed by atoms with E-state index in [1.54, 1.807) is 0 Å². The van der Waals surface area contributed by atoms with E-state index in [9.17, 15) is 79.0 Å². The number of ether oxygens (including phenoxy) is 6. The summed E-state index contributed by atoms with van der Waals surface area (Å²) in [7, 11) is 4.97. The monoisotopic (exact) mass is 916 g/mol. The van der Waals surface area contributed by atoms with Gasteiger partial charge in [-0.15, -0.1) is 0 Å². The van der Waals surface area contributed by atoms with Crippen LogP contribution in [0.1, 0.15) is 113 Å². The summed E-state index contributed by atoms with van der Waals surface area (Å²) in [6, 6.07) is -10.9. The summed E-state index contributed by atoms with van der Waals surface area (Å²) in [5.74, 6) is 0. The van der Waals surface area contributed by atoms with Gasteiger partial charge in [-0.1, -0.05) is 113 Å². The van der Waals surface area contributed by atoms with Gasteiger partial charge in [0.25, 0.3) is 0 Å². The van der Waals surface area contributed by atoms with Crippen molar-refractivity contribution in [1.82, 2.24) is 0 Å². The van der Waals surface area contributed by atoms with Gasteiger partial charge in [0.2, 0.25) is 0 Å². The maximum atomic E-state index is 11.2. The number of hydrogen-bond acceptors (Lipinski definition) is 6. The van der Waals surface area contributed by atoms with E-state index in [0.717, 1.165) is 42.7 Å². The molecule has 0 fully saturated rings. The van der Waals surface area contributed by atoms with Gasteiger partial charge in [-0.05, 0) is 0 Å². The minimum absolute atomic E-state index is 0. The third kappa shape index (κ3) is 132. The van der Waals surface area contributed by atoms with Crippen LogP contribution in [0, 0.1) is 0 Å². The zero-order valence-electron chi connectivity index (χ0n) is 33.3. The average molecular weight is 917 g/mol. The summed E-state index contributed by atoms with van der Waals surface area (Å²) >= 11 is 0. The van der Waals surface area contributed by atoms with Crippen LogP contribution in [0.4, 0.5) is 79.0 Å². The van der Waals surface area contributed by atoms with Gasteiger partial charge in [-0.25, -0.2) is 0 Å². The lowest BCUT2D eigenvalue weighted by molar-refractivity contribution is 0.166. The fraction of sp³-hybridized carbons (Fsp3) is 0.647. The molecule has 0 bridgehead atoms. The second-order valence-electron chi connectivity index (χ2n) is 4.43. The first-order valence-corrected chi connectivity index (χ1v) is 14.6. The molecule has 6 nitrogen and oxygen atoms in total. The molecule has 24 heteroatoms. The second-order valence-corrected chi connectivity index (χ2v) is 4.43. The van der Waals surface area contributed by atoms with Crippen molar-refractivity contribution in [3.05, 3.63) is 72.6 Å². The Morgan fingerprint density at radius 3 is 0.241 bits per heavy atom. The van der Waals surface area contributed by atoms with Crippen LogP contribution in [-0.4, -0.2) is 42.7 Å². The van der Waals surface area contributed by atoms with Gasteiger partial charge in [-0.2, -0.15) is 79.0 Å². The van der Waals surface area contributed by atoms with Gasteiger partial charge < -0.3 is 28.4 Å². The molecule has 368 valence electrons. The molecule has 0 spiro atoms. The van der Waals surface area contributed by atoms with Gasteiger partial charge in [0.05, 0.1) is 42.7 Å². The molecule has 0 atom stereocenters. The molecule has 0 rings (SSSR count). The largest absolute Gasteiger partial charge is 0.470 e. The molecule has 0 aliphatic rings. The topological polar surface area (TPSA) is 55.4 Å². The third-order valence-corrected chi connectivity index (χ3v) is 1.97. The Hall–Kier alpha value is -4.02. The van der Waals surface area contributed by atoms with Gasteiger partial charge in [-0.3, -0.25) is 0 Å². The van der Waals surface area contributed by atoms with Crippen LogP contribution in [0.3, 0.4) is 0 Å². The summed E-state index contributed by atoms with van der Waals surface area (Å²) in [4.78, 5) is 0. The highest BCUT2D eigenvalue weighted by Crippen LogP contribution is 2.10. The van der Waals surface area contributed by atoms with Gasteiger partial charge in [0.1, 0.15) is 0 Å². The maximum Gasteiger partial charge on any atom is 0.342 e. The summed E-state index contributed by atoms with van der Waals surface area (Å²) in [5.41, 5.74) is 0. The first-order chi connectivity index (χ1) is 25.1. The number of rotatable bonds is 6. The SMILES string of the molecule is C.C.C.C.CC.CC.CC.CC.CC.CC.COC(F)=C(F)F.COC(F)=C(F)F.COC(F)=C(F)F.COC(F)=C(F)F.COC(F)=C(F)F.COC(F)=C(F)F. The van der Waals surface area contributed by atoms with Crippen molar-refractivity contribution in [3.8, 4) is 0 Å². The first-order valence-electron chi connectivity index (χ1n) is 14.6. The van der Waals surface area contributed by atoms with Crippen LogP contribution in [0.15, 0.2) is 72.6 Å². The van der Waals surface area contributed by atoms with Crippen LogP contribution in [0.25, 0.3) is 0 Å². The molecule has 0 heterocycles. The van der Waals surface area contributed by atoms with Crippen molar-refractivity contribution in [3.63, 3.8) is 0 Å². The van der Waals surface area contributed by atoms with Crippen molar-refractivity contribution in [2.75, 3.05) is 42.7 Å². The lowest BCUT2D eigenvalue weighted by Gasteiger charge is -1.87. The van der Waals surface area contributed by atoms with E-state index >= 15 is 0 Å². The Morgan fingerprint density at radius 2 is 0.241 bits per heavy atom. The maximum absolute atomic E-state index is 11.2. The summed E-state index contributed by atoms with van der Waals surface area (Å²) < 4.78 is 218. The molecule has 0 aromatic carbocycles.